The maximum absolute atomic E-state index is 13.1. The number of piperidine rings is 2. The SMILES string of the molecule is CN1CCC[C@@H]1c1cc2cnc(NC(=O)c3ccc(N4CCC(CC#Cc5cccc6c5CN(C5CCC(=O)NC5=O)C6=O)CC4)nn3)cc2[nH]1. The summed E-state index contributed by atoms with van der Waals surface area (Å²) in [5, 5.41) is 14.8. The first-order valence-corrected chi connectivity index (χ1v) is 17.6. The van der Waals surface area contributed by atoms with Gasteiger partial charge in [-0.3, -0.25) is 29.4 Å². The molecule has 8 rings (SSSR count). The lowest BCUT2D eigenvalue weighted by Gasteiger charge is -2.31. The number of anilines is 2. The number of hydrogen-bond acceptors (Lipinski definition) is 9. The molecule has 51 heavy (non-hydrogen) atoms. The lowest BCUT2D eigenvalue weighted by molar-refractivity contribution is -0.136. The first kappa shape index (κ1) is 32.6. The van der Waals surface area contributed by atoms with Crippen molar-refractivity contribution in [2.45, 2.75) is 63.6 Å². The molecule has 4 aliphatic heterocycles. The quantitative estimate of drug-likeness (QED) is 0.203. The summed E-state index contributed by atoms with van der Waals surface area (Å²) in [4.78, 5) is 64.2. The van der Waals surface area contributed by atoms with Crippen LogP contribution in [0.5, 0.6) is 0 Å². The summed E-state index contributed by atoms with van der Waals surface area (Å²) in [6.45, 7) is 3.01. The van der Waals surface area contributed by atoms with Crippen molar-refractivity contribution in [3.05, 3.63) is 76.7 Å². The van der Waals surface area contributed by atoms with Gasteiger partial charge in [0.2, 0.25) is 11.8 Å². The van der Waals surface area contributed by atoms with Crippen LogP contribution < -0.4 is 15.5 Å². The third-order valence-corrected chi connectivity index (χ3v) is 10.7. The Kier molecular flexibility index (Phi) is 8.69. The van der Waals surface area contributed by atoms with E-state index in [2.05, 4.69) is 65.6 Å². The molecule has 4 amide bonds. The Morgan fingerprint density at radius 1 is 1.00 bits per heavy atom. The van der Waals surface area contributed by atoms with Crippen LogP contribution >= 0.6 is 0 Å². The number of carbonyl (C=O) groups excluding carboxylic acids is 4. The molecule has 0 spiro atoms. The number of nitrogens with zero attached hydrogens (tertiary/aromatic N) is 6. The maximum atomic E-state index is 13.1. The Hall–Kier alpha value is -5.61. The van der Waals surface area contributed by atoms with Crippen molar-refractivity contribution in [1.82, 2.24) is 35.3 Å². The van der Waals surface area contributed by atoms with Gasteiger partial charge in [0.1, 0.15) is 11.9 Å². The minimum Gasteiger partial charge on any atom is -0.357 e. The van der Waals surface area contributed by atoms with Gasteiger partial charge < -0.3 is 20.1 Å². The lowest BCUT2D eigenvalue weighted by atomic mass is 9.93. The Morgan fingerprint density at radius 2 is 1.86 bits per heavy atom. The van der Waals surface area contributed by atoms with Gasteiger partial charge in [-0.2, -0.15) is 0 Å². The van der Waals surface area contributed by atoms with Gasteiger partial charge in [0, 0.05) is 73.0 Å². The average molecular weight is 686 g/mol. The van der Waals surface area contributed by atoms with Crippen LogP contribution in [0.1, 0.15) is 88.7 Å². The fraction of sp³-hybridized carbons (Fsp3) is 0.395. The fourth-order valence-corrected chi connectivity index (χ4v) is 7.75. The lowest BCUT2D eigenvalue weighted by Crippen LogP contribution is -2.52. The number of amides is 4. The second-order valence-electron chi connectivity index (χ2n) is 13.9. The van der Waals surface area contributed by atoms with E-state index in [0.717, 1.165) is 73.2 Å². The van der Waals surface area contributed by atoms with Crippen molar-refractivity contribution < 1.29 is 19.2 Å². The molecule has 1 unspecified atom stereocenters. The zero-order chi connectivity index (χ0) is 35.1. The van der Waals surface area contributed by atoms with E-state index in [1.165, 1.54) is 12.1 Å². The van der Waals surface area contributed by atoms with Gasteiger partial charge in [-0.05, 0) is 87.5 Å². The maximum Gasteiger partial charge on any atom is 0.277 e. The van der Waals surface area contributed by atoms with E-state index in [4.69, 9.17) is 0 Å². The molecule has 13 heteroatoms. The second kappa shape index (κ2) is 13.6. The van der Waals surface area contributed by atoms with Gasteiger partial charge in [0.05, 0.1) is 5.52 Å². The van der Waals surface area contributed by atoms with Crippen molar-refractivity contribution >= 4 is 46.2 Å². The number of aromatic amines is 1. The molecule has 4 aliphatic rings. The molecule has 0 aliphatic carbocycles. The van der Waals surface area contributed by atoms with Gasteiger partial charge in [-0.1, -0.05) is 17.9 Å². The van der Waals surface area contributed by atoms with E-state index < -0.39 is 11.9 Å². The van der Waals surface area contributed by atoms with Crippen molar-refractivity contribution in [3.8, 4) is 11.8 Å². The summed E-state index contributed by atoms with van der Waals surface area (Å²) >= 11 is 0. The molecule has 3 saturated heterocycles. The van der Waals surface area contributed by atoms with Gasteiger partial charge in [-0.15, -0.1) is 10.2 Å². The van der Waals surface area contributed by atoms with Crippen LogP contribution in [0.4, 0.5) is 11.6 Å². The highest BCUT2D eigenvalue weighted by atomic mass is 16.2. The minimum absolute atomic E-state index is 0.195. The Labute approximate surface area is 295 Å². The number of fused-ring (bicyclic) bond motifs is 2. The highest BCUT2D eigenvalue weighted by Gasteiger charge is 2.39. The molecule has 1 aromatic carbocycles. The number of likely N-dealkylation sites (tertiary alicyclic amines) is 1. The minimum atomic E-state index is -0.646. The number of carbonyl (C=O) groups is 4. The van der Waals surface area contributed by atoms with Crippen LogP contribution in [0, 0.1) is 17.8 Å². The van der Waals surface area contributed by atoms with Crippen molar-refractivity contribution in [2.75, 3.05) is 36.9 Å². The fourth-order valence-electron chi connectivity index (χ4n) is 7.75. The monoisotopic (exact) mass is 685 g/mol. The van der Waals surface area contributed by atoms with Gasteiger partial charge in [-0.25, -0.2) is 4.98 Å². The average Bonchev–Trinajstić information content (AvgIpc) is 3.85. The van der Waals surface area contributed by atoms with Crippen LogP contribution in [-0.2, 0) is 16.1 Å². The Bertz CT molecular complexity index is 2090. The smallest absolute Gasteiger partial charge is 0.277 e. The number of pyridine rings is 1. The molecule has 3 N–H and O–H groups in total. The summed E-state index contributed by atoms with van der Waals surface area (Å²) in [6, 6.07) is 12.8. The highest BCUT2D eigenvalue weighted by Crippen LogP contribution is 2.33. The molecule has 4 aromatic rings. The number of benzene rings is 1. The molecule has 0 radical (unpaired) electrons. The number of rotatable bonds is 6. The highest BCUT2D eigenvalue weighted by molar-refractivity contribution is 6.06. The molecule has 0 saturated carbocycles. The Balaban J connectivity index is 0.836. The molecular weight excluding hydrogens is 646 g/mol. The standard InChI is InChI=1S/C38H39N9O4/c1-45-16-4-9-31(45)30-19-25-21-39-33(20-29(25)40-30)41-36(49)28-10-12-34(44-43-28)46-17-14-23(15-18-46)5-2-6-24-7-3-8-26-27(24)22-47(38(26)51)32-11-13-35(48)42-37(32)50/h3,7-8,10,12,19-21,23,31-32,40H,4-5,9,11,13-18,22H2,1H3,(H,39,41,49)(H,42,48,50)/t31-,32?/m1/s1. The molecular formula is C38H39N9O4. The topological polar surface area (TPSA) is 157 Å². The first-order valence-electron chi connectivity index (χ1n) is 17.6. The van der Waals surface area contributed by atoms with E-state index >= 15 is 0 Å². The van der Waals surface area contributed by atoms with Crippen molar-refractivity contribution in [2.24, 2.45) is 5.92 Å². The van der Waals surface area contributed by atoms with Crippen LogP contribution in [-0.4, -0.2) is 86.3 Å². The molecule has 2 atom stereocenters. The summed E-state index contributed by atoms with van der Waals surface area (Å²) < 4.78 is 0. The number of aromatic nitrogens is 4. The number of imide groups is 1. The van der Waals surface area contributed by atoms with Gasteiger partial charge in [0.15, 0.2) is 11.5 Å². The van der Waals surface area contributed by atoms with E-state index in [-0.39, 0.29) is 29.8 Å². The summed E-state index contributed by atoms with van der Waals surface area (Å²) in [5.41, 5.74) is 4.54. The zero-order valence-electron chi connectivity index (χ0n) is 28.4. The van der Waals surface area contributed by atoms with Crippen molar-refractivity contribution in [1.29, 1.82) is 0 Å². The van der Waals surface area contributed by atoms with Crippen molar-refractivity contribution in [3.63, 3.8) is 0 Å². The number of nitrogens with one attached hydrogen (secondary N) is 3. The van der Waals surface area contributed by atoms with Crippen LogP contribution in [0.3, 0.4) is 0 Å². The van der Waals surface area contributed by atoms with Crippen LogP contribution in [0.25, 0.3) is 10.9 Å². The molecule has 260 valence electrons. The first-order chi connectivity index (χ1) is 24.8. The third kappa shape index (κ3) is 6.55. The van der Waals surface area contributed by atoms with Gasteiger partial charge >= 0.3 is 0 Å². The predicted octanol–water partition coefficient (Wildman–Crippen LogP) is 3.79. The number of H-pyrrole nitrogens is 1. The largest absolute Gasteiger partial charge is 0.357 e. The second-order valence-corrected chi connectivity index (χ2v) is 13.9. The zero-order valence-corrected chi connectivity index (χ0v) is 28.4. The summed E-state index contributed by atoms with van der Waals surface area (Å²) in [7, 11) is 2.14. The Morgan fingerprint density at radius 3 is 2.63 bits per heavy atom. The summed E-state index contributed by atoms with van der Waals surface area (Å²) in [5.74, 6) is 6.96. The normalized spacial score (nSPS) is 21.1. The predicted molar refractivity (Wildman–Crippen MR) is 190 cm³/mol. The van der Waals surface area contributed by atoms with E-state index in [9.17, 15) is 19.2 Å². The van der Waals surface area contributed by atoms with Crippen LogP contribution in [0.15, 0.2) is 48.7 Å². The summed E-state index contributed by atoms with van der Waals surface area (Å²) in [6.07, 6.45) is 7.26. The molecule has 3 aromatic heterocycles. The van der Waals surface area contributed by atoms with Gasteiger partial charge in [0.25, 0.3) is 11.8 Å². The van der Waals surface area contributed by atoms with E-state index in [0.29, 0.717) is 36.3 Å². The third-order valence-electron chi connectivity index (χ3n) is 10.7. The molecule has 7 heterocycles. The number of hydrogen-bond donors (Lipinski definition) is 3. The van der Waals surface area contributed by atoms with E-state index in [1.807, 2.05) is 24.3 Å². The van der Waals surface area contributed by atoms with Crippen LogP contribution in [0.2, 0.25) is 0 Å². The van der Waals surface area contributed by atoms with E-state index in [1.54, 1.807) is 23.2 Å². The molecule has 13 nitrogen and oxygen atoms in total. The molecule has 3 fully saturated rings. The molecule has 0 bridgehead atoms.